The number of likely N-dealkylation sites (tertiary alicyclic amines) is 1. The molecule has 3 aromatic carbocycles. The molecular formula is C29H29Cl2N3O2. The highest BCUT2D eigenvalue weighted by molar-refractivity contribution is 6.35. The largest absolute Gasteiger partial charge is 0.464 e. The van der Waals surface area contributed by atoms with Crippen LogP contribution in [0.25, 0.3) is 0 Å². The van der Waals surface area contributed by atoms with Crippen molar-refractivity contribution in [2.75, 3.05) is 13.1 Å². The van der Waals surface area contributed by atoms with Gasteiger partial charge in [-0.15, -0.1) is 0 Å². The van der Waals surface area contributed by atoms with Gasteiger partial charge in [-0.2, -0.15) is 5.10 Å². The van der Waals surface area contributed by atoms with Gasteiger partial charge in [-0.05, 0) is 67.9 Å². The van der Waals surface area contributed by atoms with E-state index in [1.807, 2.05) is 48.5 Å². The van der Waals surface area contributed by atoms with Crippen LogP contribution in [0.5, 0.6) is 17.2 Å². The second-order valence-corrected chi connectivity index (χ2v) is 10.9. The summed E-state index contributed by atoms with van der Waals surface area (Å²) in [5.41, 5.74) is 2.60. The van der Waals surface area contributed by atoms with E-state index in [9.17, 15) is 0 Å². The summed E-state index contributed by atoms with van der Waals surface area (Å²) < 4.78 is 12.7. The van der Waals surface area contributed by atoms with Gasteiger partial charge in [0.2, 0.25) is 5.72 Å². The normalized spacial score (nSPS) is 20.6. The Morgan fingerprint density at radius 3 is 2.36 bits per heavy atom. The maximum Gasteiger partial charge on any atom is 0.200 e. The van der Waals surface area contributed by atoms with Gasteiger partial charge in [0, 0.05) is 49.0 Å². The zero-order valence-electron chi connectivity index (χ0n) is 20.5. The summed E-state index contributed by atoms with van der Waals surface area (Å²) in [5.74, 6) is 2.37. The lowest BCUT2D eigenvalue weighted by Crippen LogP contribution is -2.59. The van der Waals surface area contributed by atoms with E-state index in [0.717, 1.165) is 66.4 Å². The lowest BCUT2D eigenvalue weighted by molar-refractivity contribution is -0.152. The summed E-state index contributed by atoms with van der Waals surface area (Å²) in [6.45, 7) is 6.40. The fraction of sp³-hybridized carbons (Fsp3) is 0.345. The molecule has 1 spiro atoms. The van der Waals surface area contributed by atoms with Gasteiger partial charge in [-0.25, -0.2) is 5.01 Å². The first-order valence-electron chi connectivity index (χ1n) is 12.5. The zero-order chi connectivity index (χ0) is 24.9. The molecule has 6 rings (SSSR count). The van der Waals surface area contributed by atoms with E-state index >= 15 is 0 Å². The summed E-state index contributed by atoms with van der Waals surface area (Å²) in [4.78, 5) is 2.49. The van der Waals surface area contributed by atoms with Crippen molar-refractivity contribution in [3.8, 4) is 17.2 Å². The molecule has 186 valence electrons. The summed E-state index contributed by atoms with van der Waals surface area (Å²) in [5, 5.41) is 8.56. The van der Waals surface area contributed by atoms with Crippen LogP contribution in [0.1, 0.15) is 50.3 Å². The molecule has 36 heavy (non-hydrogen) atoms. The molecule has 7 heteroatoms. The Labute approximate surface area is 222 Å². The third-order valence-corrected chi connectivity index (χ3v) is 7.99. The van der Waals surface area contributed by atoms with Gasteiger partial charge in [-0.1, -0.05) is 41.4 Å². The zero-order valence-corrected chi connectivity index (χ0v) is 22.0. The predicted molar refractivity (Wildman–Crippen MR) is 144 cm³/mol. The molecule has 1 atom stereocenters. The molecule has 0 aliphatic carbocycles. The molecule has 0 bridgehead atoms. The standard InChI is InChI=1S/C29H29Cl2N3O2/c1-19(2)33-14-12-29(13-15-33)34-27(24-16-21(30)17-25(31)28(24)36-29)18-26(32-34)20-8-10-23(11-9-20)35-22-6-4-3-5-7-22/h3-11,16-17,19,27H,12-15,18H2,1-2H3/t27-/m1/s1. The van der Waals surface area contributed by atoms with Gasteiger partial charge in [0.15, 0.2) is 0 Å². The van der Waals surface area contributed by atoms with Crippen molar-refractivity contribution in [1.82, 2.24) is 9.91 Å². The van der Waals surface area contributed by atoms with Crippen LogP contribution in [0.3, 0.4) is 0 Å². The summed E-state index contributed by atoms with van der Waals surface area (Å²) >= 11 is 13.1. The van der Waals surface area contributed by atoms with Crippen molar-refractivity contribution in [3.05, 3.63) is 87.9 Å². The minimum Gasteiger partial charge on any atom is -0.464 e. The van der Waals surface area contributed by atoms with Crippen molar-refractivity contribution in [3.63, 3.8) is 0 Å². The number of hydrogen-bond donors (Lipinski definition) is 0. The minimum absolute atomic E-state index is 0.0331. The third kappa shape index (κ3) is 4.23. The van der Waals surface area contributed by atoms with Crippen molar-refractivity contribution in [2.24, 2.45) is 5.10 Å². The van der Waals surface area contributed by atoms with Crippen molar-refractivity contribution in [2.45, 2.75) is 50.9 Å². The van der Waals surface area contributed by atoms with E-state index in [1.165, 1.54) is 0 Å². The third-order valence-electron chi connectivity index (χ3n) is 7.49. The van der Waals surface area contributed by atoms with E-state index in [0.29, 0.717) is 16.1 Å². The fourth-order valence-electron chi connectivity index (χ4n) is 5.54. The summed E-state index contributed by atoms with van der Waals surface area (Å²) in [6.07, 6.45) is 2.49. The molecule has 3 aromatic rings. The average Bonchev–Trinajstić information content (AvgIpc) is 3.34. The summed E-state index contributed by atoms with van der Waals surface area (Å²) in [7, 11) is 0. The number of benzene rings is 3. The Balaban J connectivity index is 1.32. The van der Waals surface area contributed by atoms with E-state index in [-0.39, 0.29) is 6.04 Å². The lowest BCUT2D eigenvalue weighted by Gasteiger charge is -2.51. The van der Waals surface area contributed by atoms with Gasteiger partial charge in [0.05, 0.1) is 16.8 Å². The molecule has 1 fully saturated rings. The highest BCUT2D eigenvalue weighted by Crippen LogP contribution is 2.52. The maximum absolute atomic E-state index is 6.74. The highest BCUT2D eigenvalue weighted by atomic mass is 35.5. The van der Waals surface area contributed by atoms with Crippen molar-refractivity contribution < 1.29 is 9.47 Å². The molecular weight excluding hydrogens is 493 g/mol. The monoisotopic (exact) mass is 521 g/mol. The Morgan fingerprint density at radius 2 is 1.67 bits per heavy atom. The smallest absolute Gasteiger partial charge is 0.200 e. The fourth-order valence-corrected chi connectivity index (χ4v) is 6.08. The van der Waals surface area contributed by atoms with Crippen LogP contribution in [-0.2, 0) is 0 Å². The molecule has 0 unspecified atom stereocenters. The lowest BCUT2D eigenvalue weighted by atomic mass is 9.90. The molecule has 5 nitrogen and oxygen atoms in total. The van der Waals surface area contributed by atoms with E-state index in [1.54, 1.807) is 6.07 Å². The summed E-state index contributed by atoms with van der Waals surface area (Å²) in [6, 6.07) is 22.3. The Kier molecular flexibility index (Phi) is 6.11. The van der Waals surface area contributed by atoms with Crippen LogP contribution >= 0.6 is 23.2 Å². The van der Waals surface area contributed by atoms with Gasteiger partial charge in [-0.3, -0.25) is 0 Å². The highest BCUT2D eigenvalue weighted by Gasteiger charge is 2.52. The van der Waals surface area contributed by atoms with Gasteiger partial charge in [0.1, 0.15) is 17.2 Å². The molecule has 0 aromatic heterocycles. The first-order chi connectivity index (χ1) is 17.4. The Bertz CT molecular complexity index is 1290. The van der Waals surface area contributed by atoms with Crippen molar-refractivity contribution >= 4 is 28.9 Å². The first-order valence-corrected chi connectivity index (χ1v) is 13.3. The molecule has 0 radical (unpaired) electrons. The van der Waals surface area contributed by atoms with Crippen LogP contribution < -0.4 is 9.47 Å². The minimum atomic E-state index is -0.515. The number of para-hydroxylation sites is 1. The topological polar surface area (TPSA) is 37.3 Å². The van der Waals surface area contributed by atoms with E-state index in [4.69, 9.17) is 37.8 Å². The van der Waals surface area contributed by atoms with Gasteiger partial charge < -0.3 is 14.4 Å². The number of nitrogens with zero attached hydrogens (tertiary/aromatic N) is 3. The van der Waals surface area contributed by atoms with Crippen molar-refractivity contribution in [1.29, 1.82) is 0 Å². The second kappa shape index (κ2) is 9.29. The van der Waals surface area contributed by atoms with Crippen LogP contribution in [0.4, 0.5) is 0 Å². The molecule has 0 saturated carbocycles. The molecule has 3 aliphatic heterocycles. The average molecular weight is 522 g/mol. The Hall–Kier alpha value is -2.73. The van der Waals surface area contributed by atoms with E-state index in [2.05, 4.69) is 35.9 Å². The molecule has 0 amide bonds. The molecule has 0 N–H and O–H groups in total. The number of piperidine rings is 1. The molecule has 3 aliphatic rings. The Morgan fingerprint density at radius 1 is 0.972 bits per heavy atom. The van der Waals surface area contributed by atoms with Crippen LogP contribution in [0, 0.1) is 0 Å². The first kappa shape index (κ1) is 23.7. The number of hydrogen-bond acceptors (Lipinski definition) is 5. The van der Waals surface area contributed by atoms with Crippen LogP contribution in [0.2, 0.25) is 10.0 Å². The van der Waals surface area contributed by atoms with E-state index < -0.39 is 5.72 Å². The van der Waals surface area contributed by atoms with Gasteiger partial charge >= 0.3 is 0 Å². The SMILES string of the molecule is CC(C)N1CCC2(CC1)Oc1c(Cl)cc(Cl)cc1[C@H]1CC(c3ccc(Oc4ccccc4)cc3)=NN12. The number of halogens is 2. The number of rotatable bonds is 4. The number of ether oxygens (including phenoxy) is 2. The quantitative estimate of drug-likeness (QED) is 0.355. The number of fused-ring (bicyclic) bond motifs is 4. The van der Waals surface area contributed by atoms with Crippen LogP contribution in [-0.4, -0.2) is 40.5 Å². The van der Waals surface area contributed by atoms with Crippen LogP contribution in [0.15, 0.2) is 71.8 Å². The molecule has 1 saturated heterocycles. The predicted octanol–water partition coefficient (Wildman–Crippen LogP) is 7.53. The second-order valence-electron chi connectivity index (χ2n) is 10.0. The molecule has 3 heterocycles. The van der Waals surface area contributed by atoms with Gasteiger partial charge in [0.25, 0.3) is 0 Å². The number of hydrazone groups is 1. The maximum atomic E-state index is 6.74.